The molecular weight excluding hydrogens is 192 g/mol. The second-order valence-electron chi connectivity index (χ2n) is 3.40. The Morgan fingerprint density at radius 3 is 3.13 bits per heavy atom. The van der Waals surface area contributed by atoms with Gasteiger partial charge >= 0.3 is 0 Å². The first kappa shape index (κ1) is 9.51. The Bertz CT molecular complexity index is 515. The molecule has 2 heterocycles. The molecule has 0 aromatic carbocycles. The Kier molecular flexibility index (Phi) is 2.29. The standard InChI is InChI=1S/C10H12N4O/c1-7-3-2-4-9-8(5-10(11)13-15)6-12-14(7)9/h2-4,6,15H,5H2,1H3,(H2,11,13). The zero-order valence-corrected chi connectivity index (χ0v) is 8.38. The lowest BCUT2D eigenvalue weighted by atomic mass is 10.2. The molecule has 0 aliphatic carbocycles. The van der Waals surface area contributed by atoms with Crippen molar-refractivity contribution >= 4 is 11.4 Å². The van der Waals surface area contributed by atoms with Crippen LogP contribution in [0.4, 0.5) is 0 Å². The van der Waals surface area contributed by atoms with Crippen LogP contribution in [-0.4, -0.2) is 20.7 Å². The highest BCUT2D eigenvalue weighted by atomic mass is 16.4. The molecule has 5 nitrogen and oxygen atoms in total. The van der Waals surface area contributed by atoms with Crippen molar-refractivity contribution in [3.8, 4) is 0 Å². The fourth-order valence-corrected chi connectivity index (χ4v) is 1.57. The first-order valence-corrected chi connectivity index (χ1v) is 4.61. The van der Waals surface area contributed by atoms with Crippen molar-refractivity contribution < 1.29 is 5.21 Å². The van der Waals surface area contributed by atoms with Crippen LogP contribution in [0, 0.1) is 6.92 Å². The third-order valence-electron chi connectivity index (χ3n) is 2.31. The van der Waals surface area contributed by atoms with Crippen LogP contribution >= 0.6 is 0 Å². The molecule has 0 unspecified atom stereocenters. The minimum atomic E-state index is 0.186. The molecule has 15 heavy (non-hydrogen) atoms. The molecule has 0 radical (unpaired) electrons. The van der Waals surface area contributed by atoms with Gasteiger partial charge in [-0.2, -0.15) is 5.10 Å². The molecule has 0 saturated carbocycles. The molecule has 0 saturated heterocycles. The first-order chi connectivity index (χ1) is 7.22. The summed E-state index contributed by atoms with van der Waals surface area (Å²) in [5.41, 5.74) is 8.45. The number of oxime groups is 1. The van der Waals surface area contributed by atoms with E-state index >= 15 is 0 Å². The number of aromatic nitrogens is 2. The zero-order chi connectivity index (χ0) is 10.8. The molecule has 0 fully saturated rings. The molecule has 3 N–H and O–H groups in total. The normalized spacial score (nSPS) is 12.2. The second kappa shape index (κ2) is 3.61. The Hall–Kier alpha value is -2.04. The van der Waals surface area contributed by atoms with E-state index in [1.54, 1.807) is 6.20 Å². The Morgan fingerprint density at radius 1 is 1.60 bits per heavy atom. The predicted octanol–water partition coefficient (Wildman–Crippen LogP) is 0.932. The van der Waals surface area contributed by atoms with E-state index in [-0.39, 0.29) is 5.84 Å². The molecule has 5 heteroatoms. The average Bonchev–Trinajstić information content (AvgIpc) is 2.63. The van der Waals surface area contributed by atoms with Crippen LogP contribution in [0.25, 0.3) is 5.52 Å². The number of hydrogen-bond donors (Lipinski definition) is 2. The largest absolute Gasteiger partial charge is 0.409 e. The van der Waals surface area contributed by atoms with Gasteiger partial charge in [-0.05, 0) is 19.1 Å². The van der Waals surface area contributed by atoms with Crippen molar-refractivity contribution in [2.24, 2.45) is 10.9 Å². The number of aryl methyl sites for hydroxylation is 1. The number of fused-ring (bicyclic) bond motifs is 1. The molecule has 78 valence electrons. The fourth-order valence-electron chi connectivity index (χ4n) is 1.57. The number of nitrogens with two attached hydrogens (primary N) is 1. The quantitative estimate of drug-likeness (QED) is 0.331. The average molecular weight is 204 g/mol. The molecule has 0 bridgehead atoms. The van der Waals surface area contributed by atoms with Gasteiger partial charge in [0, 0.05) is 17.7 Å². The molecular formula is C10H12N4O. The predicted molar refractivity (Wildman–Crippen MR) is 57.0 cm³/mol. The maximum Gasteiger partial charge on any atom is 0.143 e. The number of hydrogen-bond acceptors (Lipinski definition) is 3. The third kappa shape index (κ3) is 1.63. The highest BCUT2D eigenvalue weighted by molar-refractivity contribution is 5.84. The van der Waals surface area contributed by atoms with Gasteiger partial charge in [0.25, 0.3) is 0 Å². The molecule has 2 aromatic heterocycles. The Balaban J connectivity index is 2.50. The molecule has 0 atom stereocenters. The van der Waals surface area contributed by atoms with E-state index in [0.29, 0.717) is 6.42 Å². The maximum atomic E-state index is 8.50. The van der Waals surface area contributed by atoms with Crippen LogP contribution in [0.1, 0.15) is 11.3 Å². The van der Waals surface area contributed by atoms with Crippen molar-refractivity contribution in [1.29, 1.82) is 0 Å². The van der Waals surface area contributed by atoms with Gasteiger partial charge < -0.3 is 10.9 Å². The van der Waals surface area contributed by atoms with Gasteiger partial charge in [0.05, 0.1) is 11.7 Å². The summed E-state index contributed by atoms with van der Waals surface area (Å²) < 4.78 is 1.83. The van der Waals surface area contributed by atoms with Crippen LogP contribution in [0.15, 0.2) is 29.6 Å². The summed E-state index contributed by atoms with van der Waals surface area (Å²) in [5.74, 6) is 0.186. The SMILES string of the molecule is Cc1cccc2c(C/C(N)=N/O)cnn12. The number of pyridine rings is 1. The van der Waals surface area contributed by atoms with Gasteiger partial charge in [0.15, 0.2) is 0 Å². The number of rotatable bonds is 2. The topological polar surface area (TPSA) is 75.9 Å². The van der Waals surface area contributed by atoms with Crippen molar-refractivity contribution in [3.63, 3.8) is 0 Å². The summed E-state index contributed by atoms with van der Waals surface area (Å²) in [6.07, 6.45) is 2.14. The van der Waals surface area contributed by atoms with E-state index in [1.807, 2.05) is 29.6 Å². The Morgan fingerprint density at radius 2 is 2.40 bits per heavy atom. The molecule has 0 amide bonds. The monoisotopic (exact) mass is 204 g/mol. The van der Waals surface area contributed by atoms with Gasteiger partial charge in [0.2, 0.25) is 0 Å². The van der Waals surface area contributed by atoms with Gasteiger partial charge in [0.1, 0.15) is 5.84 Å². The first-order valence-electron chi connectivity index (χ1n) is 4.61. The van der Waals surface area contributed by atoms with E-state index in [1.165, 1.54) is 0 Å². The summed E-state index contributed by atoms with van der Waals surface area (Å²) in [4.78, 5) is 0. The van der Waals surface area contributed by atoms with E-state index in [2.05, 4.69) is 10.3 Å². The van der Waals surface area contributed by atoms with Gasteiger partial charge in [-0.25, -0.2) is 4.52 Å². The van der Waals surface area contributed by atoms with Crippen LogP contribution in [-0.2, 0) is 6.42 Å². The Labute approximate surface area is 86.8 Å². The minimum absolute atomic E-state index is 0.186. The van der Waals surface area contributed by atoms with E-state index < -0.39 is 0 Å². The van der Waals surface area contributed by atoms with Gasteiger partial charge in [-0.15, -0.1) is 0 Å². The molecule has 2 rings (SSSR count). The van der Waals surface area contributed by atoms with Gasteiger partial charge in [-0.1, -0.05) is 11.2 Å². The number of amidine groups is 1. The fraction of sp³-hybridized carbons (Fsp3) is 0.200. The summed E-state index contributed by atoms with van der Waals surface area (Å²) in [6, 6.07) is 5.90. The van der Waals surface area contributed by atoms with Crippen LogP contribution in [0.2, 0.25) is 0 Å². The van der Waals surface area contributed by atoms with Crippen LogP contribution in [0.3, 0.4) is 0 Å². The van der Waals surface area contributed by atoms with E-state index in [4.69, 9.17) is 10.9 Å². The summed E-state index contributed by atoms with van der Waals surface area (Å²) >= 11 is 0. The molecule has 2 aromatic rings. The molecule has 0 aliphatic heterocycles. The zero-order valence-electron chi connectivity index (χ0n) is 8.38. The van der Waals surface area contributed by atoms with Crippen molar-refractivity contribution in [1.82, 2.24) is 9.61 Å². The lowest BCUT2D eigenvalue weighted by molar-refractivity contribution is 0.317. The maximum absolute atomic E-state index is 8.50. The van der Waals surface area contributed by atoms with Gasteiger partial charge in [-0.3, -0.25) is 0 Å². The lowest BCUT2D eigenvalue weighted by Crippen LogP contribution is -2.14. The smallest absolute Gasteiger partial charge is 0.143 e. The highest BCUT2D eigenvalue weighted by Crippen LogP contribution is 2.12. The van der Waals surface area contributed by atoms with Crippen molar-refractivity contribution in [3.05, 3.63) is 35.7 Å². The lowest BCUT2D eigenvalue weighted by Gasteiger charge is -1.99. The van der Waals surface area contributed by atoms with E-state index in [0.717, 1.165) is 16.8 Å². The van der Waals surface area contributed by atoms with Crippen LogP contribution < -0.4 is 5.73 Å². The summed E-state index contributed by atoms with van der Waals surface area (Å²) in [7, 11) is 0. The summed E-state index contributed by atoms with van der Waals surface area (Å²) in [6.45, 7) is 1.98. The van der Waals surface area contributed by atoms with Crippen molar-refractivity contribution in [2.75, 3.05) is 0 Å². The van der Waals surface area contributed by atoms with Crippen molar-refractivity contribution in [2.45, 2.75) is 13.3 Å². The van der Waals surface area contributed by atoms with E-state index in [9.17, 15) is 0 Å². The number of nitrogens with zero attached hydrogens (tertiary/aromatic N) is 3. The molecule has 0 aliphatic rings. The second-order valence-corrected chi connectivity index (χ2v) is 3.40. The summed E-state index contributed by atoms with van der Waals surface area (Å²) in [5, 5.41) is 15.7. The minimum Gasteiger partial charge on any atom is -0.409 e. The third-order valence-corrected chi connectivity index (χ3v) is 2.31. The highest BCUT2D eigenvalue weighted by Gasteiger charge is 2.06. The van der Waals surface area contributed by atoms with Crippen LogP contribution in [0.5, 0.6) is 0 Å². The molecule has 0 spiro atoms.